The van der Waals surface area contributed by atoms with Crippen LogP contribution in [0.2, 0.25) is 0 Å². The number of aryl methyl sites for hydroxylation is 1. The zero-order valence-corrected chi connectivity index (χ0v) is 11.2. The van der Waals surface area contributed by atoms with E-state index in [1.807, 2.05) is 0 Å². The van der Waals surface area contributed by atoms with Gasteiger partial charge in [0.25, 0.3) is 5.91 Å². The minimum absolute atomic E-state index is 0.0467. The van der Waals surface area contributed by atoms with E-state index < -0.39 is 0 Å². The topological polar surface area (TPSA) is 88.3 Å². The highest BCUT2D eigenvalue weighted by molar-refractivity contribution is 7.17. The van der Waals surface area contributed by atoms with E-state index >= 15 is 0 Å². The van der Waals surface area contributed by atoms with Gasteiger partial charge >= 0.3 is 0 Å². The zero-order valence-electron chi connectivity index (χ0n) is 10.4. The average Bonchev–Trinajstić information content (AvgIpc) is 2.84. The van der Waals surface area contributed by atoms with E-state index in [0.29, 0.717) is 28.8 Å². The summed E-state index contributed by atoms with van der Waals surface area (Å²) in [6, 6.07) is 0.0528. The highest BCUT2D eigenvalue weighted by Crippen LogP contribution is 2.23. The van der Waals surface area contributed by atoms with E-state index in [4.69, 9.17) is 5.73 Å². The van der Waals surface area contributed by atoms with Crippen molar-refractivity contribution >= 4 is 28.3 Å². The Balaban J connectivity index is 2.03. The van der Waals surface area contributed by atoms with E-state index in [1.54, 1.807) is 11.8 Å². The number of likely N-dealkylation sites (tertiary alicyclic amines) is 1. The molecule has 0 radical (unpaired) electrons. The smallest absolute Gasteiger partial charge is 0.265 e. The quantitative estimate of drug-likeness (QED) is 0.812. The number of hydrogen-bond donors (Lipinski definition) is 2. The van der Waals surface area contributed by atoms with Crippen LogP contribution in [0, 0.1) is 6.92 Å². The minimum atomic E-state index is -0.0625. The lowest BCUT2D eigenvalue weighted by Crippen LogP contribution is -2.37. The highest BCUT2D eigenvalue weighted by Gasteiger charge is 2.29. The van der Waals surface area contributed by atoms with Gasteiger partial charge in [0.15, 0.2) is 5.13 Å². The lowest BCUT2D eigenvalue weighted by Gasteiger charge is -2.16. The number of rotatable bonds is 2. The Labute approximate surface area is 109 Å². The van der Waals surface area contributed by atoms with Gasteiger partial charge in [-0.3, -0.25) is 9.59 Å². The van der Waals surface area contributed by atoms with Crippen LogP contribution in [0.4, 0.5) is 5.13 Å². The molecule has 1 fully saturated rings. The number of amides is 2. The Hall–Kier alpha value is -1.63. The van der Waals surface area contributed by atoms with Crippen LogP contribution in [0.5, 0.6) is 0 Å². The number of carbonyl (C=O) groups excluding carboxylic acids is 2. The molecule has 0 aliphatic carbocycles. The van der Waals surface area contributed by atoms with Crippen LogP contribution >= 0.6 is 11.3 Å². The summed E-state index contributed by atoms with van der Waals surface area (Å²) >= 11 is 1.21. The second-order valence-electron chi connectivity index (χ2n) is 4.40. The zero-order chi connectivity index (χ0) is 13.3. The second-order valence-corrected chi connectivity index (χ2v) is 5.43. The third-order valence-electron chi connectivity index (χ3n) is 2.89. The van der Waals surface area contributed by atoms with Gasteiger partial charge in [-0.2, -0.15) is 0 Å². The van der Waals surface area contributed by atoms with Crippen molar-refractivity contribution in [2.75, 3.05) is 18.8 Å². The summed E-state index contributed by atoms with van der Waals surface area (Å²) in [4.78, 5) is 29.6. The van der Waals surface area contributed by atoms with E-state index in [2.05, 4.69) is 10.3 Å². The summed E-state index contributed by atoms with van der Waals surface area (Å²) in [7, 11) is 0. The number of carbonyl (C=O) groups is 2. The molecule has 0 saturated carbocycles. The van der Waals surface area contributed by atoms with Gasteiger partial charge in [0.1, 0.15) is 4.88 Å². The molecule has 2 rings (SSSR count). The molecule has 1 aromatic heterocycles. The molecule has 0 spiro atoms. The van der Waals surface area contributed by atoms with Gasteiger partial charge in [0, 0.05) is 26.1 Å². The van der Waals surface area contributed by atoms with Crippen molar-refractivity contribution < 1.29 is 9.59 Å². The molecular weight excluding hydrogens is 252 g/mol. The molecule has 1 saturated heterocycles. The Kier molecular flexibility index (Phi) is 3.51. The number of nitrogens with zero attached hydrogens (tertiary/aromatic N) is 2. The molecule has 1 atom stereocenters. The van der Waals surface area contributed by atoms with Crippen molar-refractivity contribution in [3.05, 3.63) is 10.6 Å². The van der Waals surface area contributed by atoms with Crippen LogP contribution < -0.4 is 11.1 Å². The molecule has 0 aromatic carbocycles. The third kappa shape index (κ3) is 2.61. The van der Waals surface area contributed by atoms with Gasteiger partial charge in [-0.15, -0.1) is 0 Å². The summed E-state index contributed by atoms with van der Waals surface area (Å²) in [5.74, 6) is -0.109. The van der Waals surface area contributed by atoms with Gasteiger partial charge in [-0.1, -0.05) is 11.3 Å². The Bertz CT molecular complexity index is 485. The highest BCUT2D eigenvalue weighted by atomic mass is 32.1. The van der Waals surface area contributed by atoms with Crippen LogP contribution in [0.3, 0.4) is 0 Å². The maximum Gasteiger partial charge on any atom is 0.265 e. The van der Waals surface area contributed by atoms with Gasteiger partial charge in [-0.05, 0) is 13.3 Å². The second kappa shape index (κ2) is 4.93. The fraction of sp³-hybridized carbons (Fsp3) is 0.545. The molecule has 98 valence electrons. The molecule has 2 amide bonds. The third-order valence-corrected chi connectivity index (χ3v) is 3.86. The van der Waals surface area contributed by atoms with E-state index in [-0.39, 0.29) is 17.9 Å². The largest absolute Gasteiger partial charge is 0.375 e. The summed E-state index contributed by atoms with van der Waals surface area (Å²) in [5, 5.41) is 3.24. The first kappa shape index (κ1) is 12.8. The number of nitrogens with one attached hydrogen (secondary N) is 1. The lowest BCUT2D eigenvalue weighted by atomic mass is 10.2. The van der Waals surface area contributed by atoms with Gasteiger partial charge < -0.3 is 16.0 Å². The summed E-state index contributed by atoms with van der Waals surface area (Å²) in [6.45, 7) is 4.47. The van der Waals surface area contributed by atoms with Crippen molar-refractivity contribution in [2.24, 2.45) is 0 Å². The van der Waals surface area contributed by atoms with Crippen molar-refractivity contribution in [3.63, 3.8) is 0 Å². The Morgan fingerprint density at radius 3 is 2.83 bits per heavy atom. The minimum Gasteiger partial charge on any atom is -0.375 e. The molecule has 3 N–H and O–H groups in total. The van der Waals surface area contributed by atoms with Gasteiger partial charge in [-0.25, -0.2) is 4.98 Å². The molecule has 1 aromatic rings. The van der Waals surface area contributed by atoms with E-state index in [0.717, 1.165) is 6.42 Å². The van der Waals surface area contributed by atoms with Gasteiger partial charge in [0.05, 0.1) is 5.69 Å². The van der Waals surface area contributed by atoms with Crippen LogP contribution in [0.15, 0.2) is 0 Å². The standard InChI is InChI=1S/C11H16N4O2S/c1-6-9(18-11(12)13-6)10(17)15-4-3-8(5-15)14-7(2)16/h8H,3-5H2,1-2H3,(H2,12,13)(H,14,16). The summed E-state index contributed by atoms with van der Waals surface area (Å²) in [6.07, 6.45) is 0.790. The van der Waals surface area contributed by atoms with Crippen molar-refractivity contribution in [1.82, 2.24) is 15.2 Å². The van der Waals surface area contributed by atoms with Crippen LogP contribution in [0.1, 0.15) is 28.7 Å². The first-order valence-corrected chi connectivity index (χ1v) is 6.58. The number of nitrogen functional groups attached to an aromatic ring is 1. The van der Waals surface area contributed by atoms with Crippen LogP contribution in [0.25, 0.3) is 0 Å². The van der Waals surface area contributed by atoms with Crippen LogP contribution in [-0.4, -0.2) is 40.8 Å². The predicted molar refractivity (Wildman–Crippen MR) is 69.4 cm³/mol. The van der Waals surface area contributed by atoms with Crippen molar-refractivity contribution in [1.29, 1.82) is 0 Å². The number of nitrogens with two attached hydrogens (primary N) is 1. The molecule has 6 nitrogen and oxygen atoms in total. The molecule has 1 unspecified atom stereocenters. The van der Waals surface area contributed by atoms with Crippen molar-refractivity contribution in [2.45, 2.75) is 26.3 Å². The van der Waals surface area contributed by atoms with Crippen molar-refractivity contribution in [3.8, 4) is 0 Å². The predicted octanol–water partition coefficient (Wildman–Crippen LogP) is 0.384. The van der Waals surface area contributed by atoms with E-state index in [9.17, 15) is 9.59 Å². The summed E-state index contributed by atoms with van der Waals surface area (Å²) in [5.41, 5.74) is 6.26. The number of anilines is 1. The Morgan fingerprint density at radius 1 is 1.56 bits per heavy atom. The molecular formula is C11H16N4O2S. The van der Waals surface area contributed by atoms with Gasteiger partial charge in [0.2, 0.25) is 5.91 Å². The maximum atomic E-state index is 12.2. The number of thiazole rings is 1. The summed E-state index contributed by atoms with van der Waals surface area (Å²) < 4.78 is 0. The van der Waals surface area contributed by atoms with E-state index in [1.165, 1.54) is 18.3 Å². The Morgan fingerprint density at radius 2 is 2.28 bits per heavy atom. The molecule has 2 heterocycles. The maximum absolute atomic E-state index is 12.2. The average molecular weight is 268 g/mol. The molecule has 1 aliphatic rings. The normalized spacial score (nSPS) is 19.0. The first-order valence-electron chi connectivity index (χ1n) is 5.76. The molecule has 1 aliphatic heterocycles. The fourth-order valence-electron chi connectivity index (χ4n) is 2.11. The molecule has 18 heavy (non-hydrogen) atoms. The number of aromatic nitrogens is 1. The lowest BCUT2D eigenvalue weighted by molar-refractivity contribution is -0.119. The van der Waals surface area contributed by atoms with Crippen LogP contribution in [-0.2, 0) is 4.79 Å². The SMILES string of the molecule is CC(=O)NC1CCN(C(=O)c2sc(N)nc2C)C1. The molecule has 0 bridgehead atoms. The molecule has 7 heteroatoms. The monoisotopic (exact) mass is 268 g/mol. The fourth-order valence-corrected chi connectivity index (χ4v) is 2.91. The number of hydrogen-bond acceptors (Lipinski definition) is 5. The first-order chi connectivity index (χ1) is 8.47.